The Balaban J connectivity index is 1.58. The van der Waals surface area contributed by atoms with Crippen LogP contribution in [-0.4, -0.2) is 79.9 Å². The van der Waals surface area contributed by atoms with Gasteiger partial charge in [0.25, 0.3) is 0 Å². The van der Waals surface area contributed by atoms with Gasteiger partial charge in [-0.05, 0) is 24.3 Å². The molecule has 1 aliphatic rings. The number of phenolic OH excluding ortho intramolecular Hbond substituents is 2. The number of carboxylic acid groups (broad SMARTS) is 1. The average Bonchev–Trinajstić information content (AvgIpc) is 2.83. The van der Waals surface area contributed by atoms with Crippen LogP contribution in [0, 0.1) is 0 Å². The number of esters is 1. The maximum absolute atomic E-state index is 12.6. The molecule has 13 heteroatoms. The summed E-state index contributed by atoms with van der Waals surface area (Å²) in [6, 6.07) is 9.27. The van der Waals surface area contributed by atoms with E-state index in [-0.39, 0.29) is 28.2 Å². The number of carboxylic acids is 1. The van der Waals surface area contributed by atoms with Crippen molar-refractivity contribution < 1.29 is 58.9 Å². The predicted octanol–water partition coefficient (Wildman–Crippen LogP) is 0.0755. The number of aliphatic hydroxyl groups excluding tert-OH is 3. The van der Waals surface area contributed by atoms with E-state index >= 15 is 0 Å². The largest absolute Gasteiger partial charge is 0.508 e. The summed E-state index contributed by atoms with van der Waals surface area (Å²) < 4.78 is 21.4. The molecule has 2 heterocycles. The monoisotopic (exact) mass is 518 g/mol. The van der Waals surface area contributed by atoms with Crippen molar-refractivity contribution in [2.45, 2.75) is 37.1 Å². The first-order valence-corrected chi connectivity index (χ1v) is 10.9. The summed E-state index contributed by atoms with van der Waals surface area (Å²) >= 11 is 0. The highest BCUT2D eigenvalue weighted by Crippen LogP contribution is 2.33. The van der Waals surface area contributed by atoms with Gasteiger partial charge in [0.05, 0.1) is 0 Å². The lowest BCUT2D eigenvalue weighted by atomic mass is 9.99. The zero-order valence-electron chi connectivity index (χ0n) is 18.9. The quantitative estimate of drug-likeness (QED) is 0.181. The lowest BCUT2D eigenvalue weighted by Crippen LogP contribution is -2.60. The van der Waals surface area contributed by atoms with Crippen molar-refractivity contribution in [2.24, 2.45) is 0 Å². The Morgan fingerprint density at radius 2 is 1.65 bits per heavy atom. The Kier molecular flexibility index (Phi) is 7.31. The minimum absolute atomic E-state index is 0.00789. The third kappa shape index (κ3) is 5.65. The van der Waals surface area contributed by atoms with Gasteiger partial charge >= 0.3 is 11.9 Å². The Hall–Kier alpha value is -4.17. The van der Waals surface area contributed by atoms with Crippen molar-refractivity contribution in [1.82, 2.24) is 0 Å². The average molecular weight is 518 g/mol. The van der Waals surface area contributed by atoms with Crippen LogP contribution in [0.3, 0.4) is 0 Å². The minimum atomic E-state index is -1.80. The second kappa shape index (κ2) is 10.4. The van der Waals surface area contributed by atoms with Gasteiger partial charge in [-0.3, -0.25) is 14.4 Å². The molecule has 37 heavy (non-hydrogen) atoms. The second-order valence-electron chi connectivity index (χ2n) is 8.22. The Bertz CT molecular complexity index is 1360. The van der Waals surface area contributed by atoms with Crippen molar-refractivity contribution in [3.05, 3.63) is 52.7 Å². The molecule has 196 valence electrons. The number of hydrogen-bond acceptors (Lipinski definition) is 12. The molecule has 5 atom stereocenters. The highest BCUT2D eigenvalue weighted by atomic mass is 16.7. The first-order chi connectivity index (χ1) is 17.5. The van der Waals surface area contributed by atoms with E-state index in [1.165, 1.54) is 30.3 Å². The predicted molar refractivity (Wildman–Crippen MR) is 122 cm³/mol. The summed E-state index contributed by atoms with van der Waals surface area (Å²) in [5.74, 6) is -3.06. The molecule has 1 fully saturated rings. The second-order valence-corrected chi connectivity index (χ2v) is 8.22. The van der Waals surface area contributed by atoms with Gasteiger partial charge in [0.2, 0.25) is 6.29 Å². The van der Waals surface area contributed by atoms with E-state index in [2.05, 4.69) is 0 Å². The van der Waals surface area contributed by atoms with Crippen molar-refractivity contribution in [1.29, 1.82) is 0 Å². The van der Waals surface area contributed by atoms with Crippen molar-refractivity contribution >= 4 is 22.9 Å². The van der Waals surface area contributed by atoms with Crippen LogP contribution in [-0.2, 0) is 19.1 Å². The minimum Gasteiger partial charge on any atom is -0.508 e. The molecule has 1 aliphatic heterocycles. The third-order valence-electron chi connectivity index (χ3n) is 5.56. The molecule has 1 aromatic heterocycles. The first-order valence-electron chi connectivity index (χ1n) is 10.9. The SMILES string of the molecule is O=C(O)CC(=O)OCC1OC(Oc2cc(O)c3c(=O)cc(-c4ccc(O)cc4)oc3c2)C(O)C(O)C1O. The topological polar surface area (TPSA) is 213 Å². The molecule has 0 aliphatic carbocycles. The number of aliphatic carboxylic acids is 1. The van der Waals surface area contributed by atoms with Crippen LogP contribution >= 0.6 is 0 Å². The Labute approximate surface area is 207 Å². The number of aromatic hydroxyl groups is 2. The molecule has 0 radical (unpaired) electrons. The number of ether oxygens (including phenoxy) is 3. The summed E-state index contributed by atoms with van der Waals surface area (Å²) in [5, 5.41) is 59.0. The molecular formula is C24H22O13. The van der Waals surface area contributed by atoms with Gasteiger partial charge in [-0.25, -0.2) is 0 Å². The Morgan fingerprint density at radius 3 is 2.32 bits per heavy atom. The van der Waals surface area contributed by atoms with Crippen molar-refractivity contribution in [2.75, 3.05) is 6.61 Å². The molecule has 0 spiro atoms. The molecule has 0 amide bonds. The van der Waals surface area contributed by atoms with Crippen LogP contribution in [0.15, 0.2) is 51.7 Å². The van der Waals surface area contributed by atoms with Gasteiger partial charge < -0.3 is 49.3 Å². The molecular weight excluding hydrogens is 496 g/mol. The number of hydrogen-bond donors (Lipinski definition) is 6. The number of phenols is 2. The van der Waals surface area contributed by atoms with Crippen LogP contribution in [0.2, 0.25) is 0 Å². The highest BCUT2D eigenvalue weighted by Gasteiger charge is 2.45. The normalized spacial score (nSPS) is 23.5. The van der Waals surface area contributed by atoms with E-state index in [0.717, 1.165) is 12.1 Å². The van der Waals surface area contributed by atoms with Crippen LogP contribution < -0.4 is 10.2 Å². The molecule has 2 aromatic carbocycles. The van der Waals surface area contributed by atoms with E-state index in [4.69, 9.17) is 23.7 Å². The van der Waals surface area contributed by atoms with E-state index in [0.29, 0.717) is 5.56 Å². The summed E-state index contributed by atoms with van der Waals surface area (Å²) in [6.07, 6.45) is -9.24. The lowest BCUT2D eigenvalue weighted by Gasteiger charge is -2.39. The maximum atomic E-state index is 12.6. The molecule has 4 rings (SSSR count). The smallest absolute Gasteiger partial charge is 0.317 e. The molecule has 13 nitrogen and oxygen atoms in total. The van der Waals surface area contributed by atoms with Gasteiger partial charge in [-0.15, -0.1) is 0 Å². The van der Waals surface area contributed by atoms with Gasteiger partial charge in [-0.2, -0.15) is 0 Å². The molecule has 3 aromatic rings. The standard InChI is InChI=1S/C24H22O13/c25-11-3-1-10(2-4-11)15-7-14(27)20-13(26)5-12(6-16(20)36-15)35-24-23(33)22(32)21(31)17(37-24)9-34-19(30)8-18(28)29/h1-7,17,21-26,31-33H,8-9H2,(H,28,29). The summed E-state index contributed by atoms with van der Waals surface area (Å²) in [7, 11) is 0. The highest BCUT2D eigenvalue weighted by molar-refractivity contribution is 5.90. The fourth-order valence-corrected chi connectivity index (χ4v) is 3.71. The number of rotatable bonds is 7. The zero-order chi connectivity index (χ0) is 26.9. The molecule has 5 unspecified atom stereocenters. The number of aliphatic hydroxyl groups is 3. The van der Waals surface area contributed by atoms with Crippen molar-refractivity contribution in [3.8, 4) is 28.6 Å². The van der Waals surface area contributed by atoms with E-state index < -0.39 is 66.9 Å². The van der Waals surface area contributed by atoms with Crippen molar-refractivity contribution in [3.63, 3.8) is 0 Å². The number of carbonyl (C=O) groups excluding carboxylic acids is 1. The third-order valence-corrected chi connectivity index (χ3v) is 5.56. The van der Waals surface area contributed by atoms with Gasteiger partial charge in [0.1, 0.15) is 71.4 Å². The summed E-state index contributed by atoms with van der Waals surface area (Å²) in [6.45, 7) is -0.648. The van der Waals surface area contributed by atoms with Crippen LogP contribution in [0.4, 0.5) is 0 Å². The van der Waals surface area contributed by atoms with Crippen LogP contribution in [0.1, 0.15) is 6.42 Å². The maximum Gasteiger partial charge on any atom is 0.317 e. The van der Waals surface area contributed by atoms with E-state index in [1.807, 2.05) is 0 Å². The number of fused-ring (bicyclic) bond motifs is 1. The molecule has 0 bridgehead atoms. The fourth-order valence-electron chi connectivity index (χ4n) is 3.71. The number of carbonyl (C=O) groups is 2. The number of benzene rings is 2. The Morgan fingerprint density at radius 1 is 0.946 bits per heavy atom. The lowest BCUT2D eigenvalue weighted by molar-refractivity contribution is -0.278. The van der Waals surface area contributed by atoms with Gasteiger partial charge in [0, 0.05) is 23.8 Å². The molecule has 0 saturated carbocycles. The first kappa shape index (κ1) is 25.9. The van der Waals surface area contributed by atoms with Gasteiger partial charge in [-0.1, -0.05) is 0 Å². The van der Waals surface area contributed by atoms with Crippen LogP contribution in [0.5, 0.6) is 17.2 Å². The zero-order valence-corrected chi connectivity index (χ0v) is 18.9. The fraction of sp³-hybridized carbons (Fsp3) is 0.292. The van der Waals surface area contributed by atoms with E-state index in [1.54, 1.807) is 0 Å². The summed E-state index contributed by atoms with van der Waals surface area (Å²) in [4.78, 5) is 34.7. The van der Waals surface area contributed by atoms with E-state index in [9.17, 15) is 39.9 Å². The van der Waals surface area contributed by atoms with Crippen LogP contribution in [0.25, 0.3) is 22.3 Å². The summed E-state index contributed by atoms with van der Waals surface area (Å²) in [5.41, 5.74) is -0.189. The van der Waals surface area contributed by atoms with Gasteiger partial charge in [0.15, 0.2) is 5.43 Å². The molecule has 1 saturated heterocycles. The molecule has 6 N–H and O–H groups in total.